The molecule has 0 aliphatic heterocycles. The third-order valence-corrected chi connectivity index (χ3v) is 1.45. The van der Waals surface area contributed by atoms with Gasteiger partial charge in [0.15, 0.2) is 11.5 Å². The fraction of sp³-hybridized carbons (Fsp3) is 0.125. The third-order valence-electron chi connectivity index (χ3n) is 1.45. The van der Waals surface area contributed by atoms with Crippen LogP contribution in [0.15, 0.2) is 18.3 Å². The molecule has 0 bridgehead atoms. The molecule has 1 heterocycles. The lowest BCUT2D eigenvalue weighted by Gasteiger charge is -2.00. The maximum Gasteiger partial charge on any atom is 0.355 e. The smallest absolute Gasteiger partial charge is 0.355 e. The minimum atomic E-state index is -1.28. The topological polar surface area (TPSA) is 87.5 Å². The lowest BCUT2D eigenvalue weighted by molar-refractivity contribution is 0.0683. The van der Waals surface area contributed by atoms with Gasteiger partial charge in [0, 0.05) is 6.20 Å². The van der Waals surface area contributed by atoms with Crippen molar-refractivity contribution in [3.05, 3.63) is 29.6 Å². The van der Waals surface area contributed by atoms with Gasteiger partial charge in [0.2, 0.25) is 0 Å². The number of carbonyl (C=O) groups excluding carboxylic acids is 1. The minimum absolute atomic E-state index is 0.0718. The Balaban J connectivity index is 3.19. The first kappa shape index (κ1) is 9.34. The maximum absolute atomic E-state index is 11.0. The van der Waals surface area contributed by atoms with E-state index in [-0.39, 0.29) is 11.3 Å². The van der Waals surface area contributed by atoms with E-state index >= 15 is 0 Å². The summed E-state index contributed by atoms with van der Waals surface area (Å²) in [5.41, 5.74) is -0.404. The van der Waals surface area contributed by atoms with Crippen LogP contribution in [0, 0.1) is 0 Å². The lowest BCUT2D eigenvalue weighted by atomic mass is 10.1. The van der Waals surface area contributed by atoms with E-state index < -0.39 is 18.4 Å². The summed E-state index contributed by atoms with van der Waals surface area (Å²) in [6, 6.07) is 2.75. The third kappa shape index (κ3) is 1.88. The molecule has 1 aromatic heterocycles. The van der Waals surface area contributed by atoms with E-state index in [1.165, 1.54) is 18.3 Å². The summed E-state index contributed by atoms with van der Waals surface area (Å²) in [5, 5.41) is 17.1. The van der Waals surface area contributed by atoms with Crippen molar-refractivity contribution in [1.29, 1.82) is 0 Å². The lowest BCUT2D eigenvalue weighted by Crippen LogP contribution is -2.13. The van der Waals surface area contributed by atoms with Crippen molar-refractivity contribution < 1.29 is 19.8 Å². The summed E-state index contributed by atoms with van der Waals surface area (Å²) >= 11 is 0. The quantitative estimate of drug-likeness (QED) is 0.638. The number of pyridine rings is 1. The number of ketones is 1. The van der Waals surface area contributed by atoms with E-state index in [4.69, 9.17) is 10.2 Å². The molecule has 0 radical (unpaired) electrons. The molecular formula is C8H7NO4. The van der Waals surface area contributed by atoms with Crippen molar-refractivity contribution in [2.45, 2.75) is 0 Å². The van der Waals surface area contributed by atoms with Crippen LogP contribution in [0.5, 0.6) is 0 Å². The number of Topliss-reactive ketones (excluding diaryl/α,β-unsaturated/α-hetero) is 1. The number of rotatable bonds is 3. The van der Waals surface area contributed by atoms with Crippen LogP contribution >= 0.6 is 0 Å². The summed E-state index contributed by atoms with van der Waals surface area (Å²) in [6.07, 6.45) is 1.28. The van der Waals surface area contributed by atoms with Gasteiger partial charge in [-0.05, 0) is 12.1 Å². The molecule has 13 heavy (non-hydrogen) atoms. The van der Waals surface area contributed by atoms with Crippen molar-refractivity contribution in [3.63, 3.8) is 0 Å². The highest BCUT2D eigenvalue weighted by atomic mass is 16.4. The second-order valence-electron chi connectivity index (χ2n) is 2.29. The number of hydrogen-bond donors (Lipinski definition) is 2. The zero-order chi connectivity index (χ0) is 9.84. The Kier molecular flexibility index (Phi) is 2.71. The first-order chi connectivity index (χ1) is 6.16. The molecule has 0 aromatic carbocycles. The molecule has 0 amide bonds. The fourth-order valence-corrected chi connectivity index (χ4v) is 0.886. The highest BCUT2D eigenvalue weighted by Gasteiger charge is 2.15. The Morgan fingerprint density at radius 2 is 2.15 bits per heavy atom. The standard InChI is InChI=1S/C8H7NO4/c10-4-6(11)5-2-1-3-9-7(5)8(12)13/h1-3,10H,4H2,(H,12,13). The molecule has 0 saturated heterocycles. The molecule has 1 aromatic rings. The molecule has 0 saturated carbocycles. The van der Waals surface area contributed by atoms with Gasteiger partial charge in [-0.1, -0.05) is 0 Å². The molecular weight excluding hydrogens is 174 g/mol. The van der Waals surface area contributed by atoms with Gasteiger partial charge >= 0.3 is 5.97 Å². The number of nitrogens with zero attached hydrogens (tertiary/aromatic N) is 1. The van der Waals surface area contributed by atoms with Crippen LogP contribution in [0.25, 0.3) is 0 Å². The average Bonchev–Trinajstić information content (AvgIpc) is 2.16. The number of aromatic nitrogens is 1. The number of carboxylic acids is 1. The van der Waals surface area contributed by atoms with Crippen LogP contribution in [0.4, 0.5) is 0 Å². The molecule has 0 spiro atoms. The Morgan fingerprint density at radius 3 is 2.69 bits per heavy atom. The van der Waals surface area contributed by atoms with E-state index in [1.807, 2.05) is 0 Å². The van der Waals surface area contributed by atoms with Gasteiger partial charge in [0.25, 0.3) is 0 Å². The molecule has 0 aliphatic rings. The summed E-state index contributed by atoms with van der Waals surface area (Å²) in [4.78, 5) is 25.0. The predicted molar refractivity (Wildman–Crippen MR) is 42.6 cm³/mol. The van der Waals surface area contributed by atoms with Crippen LogP contribution in [0.3, 0.4) is 0 Å². The Bertz CT molecular complexity index is 348. The number of aliphatic hydroxyl groups is 1. The van der Waals surface area contributed by atoms with E-state index in [2.05, 4.69) is 4.98 Å². The van der Waals surface area contributed by atoms with Gasteiger partial charge in [-0.3, -0.25) is 4.79 Å². The minimum Gasteiger partial charge on any atom is -0.476 e. The van der Waals surface area contributed by atoms with Gasteiger partial charge in [0.1, 0.15) is 6.61 Å². The van der Waals surface area contributed by atoms with Crippen molar-refractivity contribution >= 4 is 11.8 Å². The molecule has 0 atom stereocenters. The van der Waals surface area contributed by atoms with Crippen LogP contribution < -0.4 is 0 Å². The highest BCUT2D eigenvalue weighted by molar-refractivity contribution is 6.05. The van der Waals surface area contributed by atoms with Gasteiger partial charge in [0.05, 0.1) is 5.56 Å². The van der Waals surface area contributed by atoms with Gasteiger partial charge < -0.3 is 10.2 Å². The van der Waals surface area contributed by atoms with Gasteiger partial charge in [-0.15, -0.1) is 0 Å². The number of aliphatic hydroxyl groups excluding tert-OH is 1. The fourth-order valence-electron chi connectivity index (χ4n) is 0.886. The number of aromatic carboxylic acids is 1. The summed E-state index contributed by atoms with van der Waals surface area (Å²) in [6.45, 7) is -0.716. The monoisotopic (exact) mass is 181 g/mol. The van der Waals surface area contributed by atoms with Crippen LogP contribution in [0.2, 0.25) is 0 Å². The first-order valence-electron chi connectivity index (χ1n) is 3.49. The number of carbonyl (C=O) groups is 2. The normalized spacial score (nSPS) is 9.62. The SMILES string of the molecule is O=C(CO)c1cccnc1C(=O)O. The molecule has 5 heteroatoms. The van der Waals surface area contributed by atoms with Crippen LogP contribution in [0.1, 0.15) is 20.8 Å². The highest BCUT2D eigenvalue weighted by Crippen LogP contribution is 2.05. The molecule has 2 N–H and O–H groups in total. The maximum atomic E-state index is 11.0. The molecule has 0 aliphatic carbocycles. The molecule has 5 nitrogen and oxygen atoms in total. The molecule has 1 rings (SSSR count). The van der Waals surface area contributed by atoms with Crippen molar-refractivity contribution in [2.75, 3.05) is 6.61 Å². The zero-order valence-electron chi connectivity index (χ0n) is 6.60. The average molecular weight is 181 g/mol. The van der Waals surface area contributed by atoms with E-state index in [1.54, 1.807) is 0 Å². The Morgan fingerprint density at radius 1 is 1.46 bits per heavy atom. The molecule has 0 unspecified atom stereocenters. The summed E-state index contributed by atoms with van der Waals surface area (Å²) in [7, 11) is 0. The largest absolute Gasteiger partial charge is 0.476 e. The van der Waals surface area contributed by atoms with Gasteiger partial charge in [-0.25, -0.2) is 9.78 Å². The van der Waals surface area contributed by atoms with E-state index in [0.29, 0.717) is 0 Å². The summed E-state index contributed by atoms with van der Waals surface area (Å²) < 4.78 is 0. The number of hydrogen-bond acceptors (Lipinski definition) is 4. The second-order valence-corrected chi connectivity index (χ2v) is 2.29. The number of carboxylic acid groups (broad SMARTS) is 1. The summed E-state index contributed by atoms with van der Waals surface area (Å²) in [5.74, 6) is -1.93. The van der Waals surface area contributed by atoms with Crippen LogP contribution in [-0.2, 0) is 0 Å². The van der Waals surface area contributed by atoms with Crippen LogP contribution in [-0.4, -0.2) is 33.6 Å². The van der Waals surface area contributed by atoms with Crippen molar-refractivity contribution in [3.8, 4) is 0 Å². The van der Waals surface area contributed by atoms with Crippen molar-refractivity contribution in [1.82, 2.24) is 4.98 Å². The zero-order valence-corrected chi connectivity index (χ0v) is 6.60. The molecule has 0 fully saturated rings. The Hall–Kier alpha value is -1.75. The molecule has 68 valence electrons. The van der Waals surface area contributed by atoms with E-state index in [0.717, 1.165) is 0 Å². The predicted octanol–water partition coefficient (Wildman–Crippen LogP) is -0.0452. The van der Waals surface area contributed by atoms with Gasteiger partial charge in [-0.2, -0.15) is 0 Å². The second kappa shape index (κ2) is 3.77. The first-order valence-corrected chi connectivity index (χ1v) is 3.49. The van der Waals surface area contributed by atoms with Crippen molar-refractivity contribution in [2.24, 2.45) is 0 Å². The Labute approximate surface area is 73.7 Å². The van der Waals surface area contributed by atoms with E-state index in [9.17, 15) is 9.59 Å².